The van der Waals surface area contributed by atoms with Gasteiger partial charge in [-0.15, -0.1) is 0 Å². The van der Waals surface area contributed by atoms with Crippen molar-refractivity contribution in [2.75, 3.05) is 18.9 Å². The Morgan fingerprint density at radius 1 is 1.47 bits per heavy atom. The third kappa shape index (κ3) is 3.22. The smallest absolute Gasteiger partial charge is 0.0973 e. The SMILES string of the molecule is CC(O)(CO)CNC1CSCc2ccccc21. The summed E-state index contributed by atoms with van der Waals surface area (Å²) in [4.78, 5) is 0. The molecule has 94 valence electrons. The van der Waals surface area contributed by atoms with Gasteiger partial charge in [-0.25, -0.2) is 0 Å². The predicted octanol–water partition coefficient (Wildman–Crippen LogP) is 1.31. The zero-order chi connectivity index (χ0) is 12.3. The van der Waals surface area contributed by atoms with Crippen LogP contribution in [0.2, 0.25) is 0 Å². The van der Waals surface area contributed by atoms with Gasteiger partial charge in [0.25, 0.3) is 0 Å². The quantitative estimate of drug-likeness (QED) is 0.757. The molecule has 1 heterocycles. The van der Waals surface area contributed by atoms with Gasteiger partial charge in [-0.05, 0) is 18.1 Å². The Kier molecular flexibility index (Phi) is 4.09. The van der Waals surface area contributed by atoms with Crippen LogP contribution in [0.15, 0.2) is 24.3 Å². The first kappa shape index (κ1) is 12.9. The number of aliphatic hydroxyl groups is 2. The van der Waals surface area contributed by atoms with E-state index in [0.717, 1.165) is 11.5 Å². The van der Waals surface area contributed by atoms with E-state index in [1.807, 2.05) is 17.8 Å². The van der Waals surface area contributed by atoms with E-state index in [2.05, 4.69) is 23.5 Å². The van der Waals surface area contributed by atoms with Crippen LogP contribution in [0.1, 0.15) is 24.1 Å². The van der Waals surface area contributed by atoms with Crippen molar-refractivity contribution in [2.45, 2.75) is 24.3 Å². The Morgan fingerprint density at radius 3 is 3.00 bits per heavy atom. The summed E-state index contributed by atoms with van der Waals surface area (Å²) < 4.78 is 0. The number of fused-ring (bicyclic) bond motifs is 1. The van der Waals surface area contributed by atoms with E-state index < -0.39 is 5.60 Å². The molecule has 2 unspecified atom stereocenters. The predicted molar refractivity (Wildman–Crippen MR) is 71.1 cm³/mol. The normalized spacial score (nSPS) is 22.9. The highest BCUT2D eigenvalue weighted by atomic mass is 32.2. The van der Waals surface area contributed by atoms with Gasteiger partial charge in [-0.3, -0.25) is 0 Å². The molecule has 0 radical (unpaired) electrons. The maximum absolute atomic E-state index is 9.78. The van der Waals surface area contributed by atoms with Gasteiger partial charge in [0.1, 0.15) is 0 Å². The largest absolute Gasteiger partial charge is 0.393 e. The van der Waals surface area contributed by atoms with Crippen molar-refractivity contribution in [1.29, 1.82) is 0 Å². The summed E-state index contributed by atoms with van der Waals surface area (Å²) in [5, 5.41) is 22.1. The van der Waals surface area contributed by atoms with Crippen LogP contribution in [0, 0.1) is 0 Å². The van der Waals surface area contributed by atoms with Crippen molar-refractivity contribution in [3.05, 3.63) is 35.4 Å². The molecule has 0 amide bonds. The highest BCUT2D eigenvalue weighted by Crippen LogP contribution is 2.31. The summed E-state index contributed by atoms with van der Waals surface area (Å²) in [6, 6.07) is 8.67. The number of aliphatic hydroxyl groups excluding tert-OH is 1. The zero-order valence-corrected chi connectivity index (χ0v) is 10.8. The van der Waals surface area contributed by atoms with Crippen LogP contribution in [0.5, 0.6) is 0 Å². The highest BCUT2D eigenvalue weighted by molar-refractivity contribution is 7.98. The summed E-state index contributed by atoms with van der Waals surface area (Å²) in [7, 11) is 0. The minimum absolute atomic E-state index is 0.221. The van der Waals surface area contributed by atoms with Crippen molar-refractivity contribution in [3.8, 4) is 0 Å². The molecule has 3 nitrogen and oxygen atoms in total. The first-order chi connectivity index (χ1) is 8.12. The number of hydrogen-bond donors (Lipinski definition) is 3. The first-order valence-electron chi connectivity index (χ1n) is 5.84. The maximum Gasteiger partial charge on any atom is 0.0973 e. The molecule has 0 spiro atoms. The molecule has 1 aliphatic rings. The zero-order valence-electron chi connectivity index (χ0n) is 10.0. The van der Waals surface area contributed by atoms with Gasteiger partial charge >= 0.3 is 0 Å². The lowest BCUT2D eigenvalue weighted by Crippen LogP contribution is -2.43. The monoisotopic (exact) mass is 253 g/mol. The molecule has 2 rings (SSSR count). The molecule has 0 saturated heterocycles. The van der Waals surface area contributed by atoms with Crippen LogP contribution in [-0.4, -0.2) is 34.7 Å². The summed E-state index contributed by atoms with van der Waals surface area (Å²) in [5.41, 5.74) is 1.64. The molecule has 0 aromatic heterocycles. The summed E-state index contributed by atoms with van der Waals surface area (Å²) in [6.45, 7) is 1.83. The molecule has 4 heteroatoms. The molecule has 0 saturated carbocycles. The molecular formula is C13H19NO2S. The minimum Gasteiger partial charge on any atom is -0.393 e. The molecular weight excluding hydrogens is 234 g/mol. The van der Waals surface area contributed by atoms with Gasteiger partial charge in [0.2, 0.25) is 0 Å². The lowest BCUT2D eigenvalue weighted by atomic mass is 10.0. The Hall–Kier alpha value is -0.550. The molecule has 1 aromatic carbocycles. The lowest BCUT2D eigenvalue weighted by molar-refractivity contribution is 0.00112. The van der Waals surface area contributed by atoms with E-state index in [4.69, 9.17) is 5.11 Å². The molecule has 2 atom stereocenters. The number of benzene rings is 1. The molecule has 1 aromatic rings. The maximum atomic E-state index is 9.78. The van der Waals surface area contributed by atoms with E-state index in [0.29, 0.717) is 6.54 Å². The first-order valence-corrected chi connectivity index (χ1v) is 7.00. The van der Waals surface area contributed by atoms with Crippen LogP contribution < -0.4 is 5.32 Å². The van der Waals surface area contributed by atoms with Crippen LogP contribution >= 0.6 is 11.8 Å². The minimum atomic E-state index is -1.04. The van der Waals surface area contributed by atoms with Gasteiger partial charge in [0, 0.05) is 24.1 Å². The average molecular weight is 253 g/mol. The van der Waals surface area contributed by atoms with Crippen molar-refractivity contribution < 1.29 is 10.2 Å². The third-order valence-corrected chi connectivity index (χ3v) is 4.13. The van der Waals surface area contributed by atoms with E-state index in [1.165, 1.54) is 11.1 Å². The number of hydrogen-bond acceptors (Lipinski definition) is 4. The van der Waals surface area contributed by atoms with Gasteiger partial charge < -0.3 is 15.5 Å². The average Bonchev–Trinajstić information content (AvgIpc) is 2.36. The lowest BCUT2D eigenvalue weighted by Gasteiger charge is -2.29. The molecule has 1 aliphatic heterocycles. The Morgan fingerprint density at radius 2 is 2.24 bits per heavy atom. The number of nitrogens with one attached hydrogen (secondary N) is 1. The van der Waals surface area contributed by atoms with Crippen molar-refractivity contribution in [3.63, 3.8) is 0 Å². The second kappa shape index (κ2) is 5.40. The van der Waals surface area contributed by atoms with E-state index in [1.54, 1.807) is 6.92 Å². The topological polar surface area (TPSA) is 52.5 Å². The fraction of sp³-hybridized carbons (Fsp3) is 0.538. The Balaban J connectivity index is 2.04. The van der Waals surface area contributed by atoms with E-state index in [-0.39, 0.29) is 12.6 Å². The Bertz CT molecular complexity index is 381. The number of rotatable bonds is 4. The Labute approximate surface area is 106 Å². The standard InChI is InChI=1S/C13H19NO2S/c1-13(16,9-15)8-14-12-7-17-6-10-4-2-3-5-11(10)12/h2-5,12,14-16H,6-9H2,1H3. The van der Waals surface area contributed by atoms with Crippen LogP contribution in [0.25, 0.3) is 0 Å². The molecule has 0 fully saturated rings. The van der Waals surface area contributed by atoms with Gasteiger partial charge in [-0.2, -0.15) is 11.8 Å². The fourth-order valence-corrected chi connectivity index (χ4v) is 3.08. The second-order valence-electron chi connectivity index (χ2n) is 4.80. The summed E-state index contributed by atoms with van der Waals surface area (Å²) in [6.07, 6.45) is 0. The van der Waals surface area contributed by atoms with Crippen LogP contribution in [0.3, 0.4) is 0 Å². The van der Waals surface area contributed by atoms with E-state index in [9.17, 15) is 5.11 Å². The van der Waals surface area contributed by atoms with Crippen LogP contribution in [-0.2, 0) is 5.75 Å². The molecule has 17 heavy (non-hydrogen) atoms. The third-order valence-electron chi connectivity index (χ3n) is 3.04. The molecule has 0 aliphatic carbocycles. The number of thioether (sulfide) groups is 1. The van der Waals surface area contributed by atoms with Gasteiger partial charge in [0.15, 0.2) is 0 Å². The highest BCUT2D eigenvalue weighted by Gasteiger charge is 2.24. The van der Waals surface area contributed by atoms with Crippen molar-refractivity contribution >= 4 is 11.8 Å². The molecule has 3 N–H and O–H groups in total. The van der Waals surface area contributed by atoms with E-state index >= 15 is 0 Å². The fourth-order valence-electron chi connectivity index (χ4n) is 1.95. The van der Waals surface area contributed by atoms with Crippen LogP contribution in [0.4, 0.5) is 0 Å². The van der Waals surface area contributed by atoms with Gasteiger partial charge in [0.05, 0.1) is 12.2 Å². The van der Waals surface area contributed by atoms with Gasteiger partial charge in [-0.1, -0.05) is 24.3 Å². The second-order valence-corrected chi connectivity index (χ2v) is 5.83. The van der Waals surface area contributed by atoms with Crippen molar-refractivity contribution in [2.24, 2.45) is 0 Å². The van der Waals surface area contributed by atoms with Crippen molar-refractivity contribution in [1.82, 2.24) is 5.32 Å². The molecule has 0 bridgehead atoms. The summed E-state index contributed by atoms with van der Waals surface area (Å²) in [5.74, 6) is 2.07. The summed E-state index contributed by atoms with van der Waals surface area (Å²) >= 11 is 1.90.